The van der Waals surface area contributed by atoms with Crippen molar-refractivity contribution < 1.29 is 9.53 Å². The fourth-order valence-corrected chi connectivity index (χ4v) is 5.06. The summed E-state index contributed by atoms with van der Waals surface area (Å²) in [4.78, 5) is 21.1. The van der Waals surface area contributed by atoms with Gasteiger partial charge < -0.3 is 10.1 Å². The molecule has 0 radical (unpaired) electrons. The predicted molar refractivity (Wildman–Crippen MR) is 141 cm³/mol. The molecule has 2 unspecified atom stereocenters. The topological polar surface area (TPSA) is 54.5 Å². The number of carbonyl (C=O) groups is 1. The van der Waals surface area contributed by atoms with Gasteiger partial charge in [-0.1, -0.05) is 73.2 Å². The van der Waals surface area contributed by atoms with Crippen molar-refractivity contribution in [3.63, 3.8) is 0 Å². The average molecular weight is 466 g/mol. The summed E-state index contributed by atoms with van der Waals surface area (Å²) >= 11 is 0. The van der Waals surface area contributed by atoms with Gasteiger partial charge in [0.05, 0.1) is 30.4 Å². The maximum absolute atomic E-state index is 14.1. The van der Waals surface area contributed by atoms with Crippen LogP contribution < -0.4 is 10.1 Å². The lowest BCUT2D eigenvalue weighted by Gasteiger charge is -2.39. The first-order chi connectivity index (χ1) is 17.2. The lowest BCUT2D eigenvalue weighted by atomic mass is 9.89. The minimum Gasteiger partial charge on any atom is -0.497 e. The van der Waals surface area contributed by atoms with Gasteiger partial charge in [-0.25, -0.2) is 0 Å². The van der Waals surface area contributed by atoms with Gasteiger partial charge in [0.1, 0.15) is 5.75 Å². The van der Waals surface area contributed by atoms with E-state index in [9.17, 15) is 4.79 Å². The molecule has 3 aromatic carbocycles. The second-order valence-corrected chi connectivity index (χ2v) is 9.05. The van der Waals surface area contributed by atoms with Crippen molar-refractivity contribution in [1.82, 2.24) is 9.88 Å². The number of benzene rings is 3. The van der Waals surface area contributed by atoms with E-state index in [2.05, 4.69) is 27.3 Å². The highest BCUT2D eigenvalue weighted by Crippen LogP contribution is 2.34. The summed E-state index contributed by atoms with van der Waals surface area (Å²) in [6, 6.07) is 27.2. The summed E-state index contributed by atoms with van der Waals surface area (Å²) < 4.78 is 5.60. The van der Waals surface area contributed by atoms with Crippen LogP contribution in [0.3, 0.4) is 0 Å². The van der Waals surface area contributed by atoms with Crippen LogP contribution in [0.1, 0.15) is 41.2 Å². The van der Waals surface area contributed by atoms with Crippen molar-refractivity contribution in [2.75, 3.05) is 25.5 Å². The molecule has 0 aliphatic carbocycles. The molecule has 0 spiro atoms. The van der Waals surface area contributed by atoms with Crippen LogP contribution in [-0.2, 0) is 0 Å². The molecule has 0 amide bonds. The molecular formula is C30H31N3O2. The van der Waals surface area contributed by atoms with Crippen LogP contribution in [-0.4, -0.2) is 41.9 Å². The van der Waals surface area contributed by atoms with Crippen molar-refractivity contribution in [1.29, 1.82) is 0 Å². The number of likely N-dealkylation sites (tertiary alicyclic amines) is 1. The number of hydrogen-bond acceptors (Lipinski definition) is 5. The molecule has 1 aliphatic rings. The molecule has 5 heteroatoms. The molecule has 2 heterocycles. The quantitative estimate of drug-likeness (QED) is 0.317. The Bertz CT molecular complexity index is 1270. The number of ether oxygens (including phenoxy) is 1. The fraction of sp³-hybridized carbons (Fsp3) is 0.267. The van der Waals surface area contributed by atoms with E-state index in [0.29, 0.717) is 0 Å². The van der Waals surface area contributed by atoms with Crippen LogP contribution in [0.25, 0.3) is 10.9 Å². The summed E-state index contributed by atoms with van der Waals surface area (Å²) in [5.74, 6) is 0.887. The Morgan fingerprint density at radius 1 is 0.914 bits per heavy atom. The third-order valence-electron chi connectivity index (χ3n) is 6.81. The summed E-state index contributed by atoms with van der Waals surface area (Å²) in [7, 11) is 1.67. The highest BCUT2D eigenvalue weighted by molar-refractivity contribution is 6.01. The number of pyridine rings is 1. The molecule has 5 rings (SSSR count). The van der Waals surface area contributed by atoms with E-state index in [-0.39, 0.29) is 17.9 Å². The lowest BCUT2D eigenvalue weighted by molar-refractivity contribution is 0.0750. The van der Waals surface area contributed by atoms with Crippen molar-refractivity contribution in [2.45, 2.75) is 31.3 Å². The zero-order chi connectivity index (χ0) is 24.0. The molecule has 1 saturated heterocycles. The first-order valence-electron chi connectivity index (χ1n) is 12.3. The second kappa shape index (κ2) is 10.7. The number of nitrogens with zero attached hydrogens (tertiary/aromatic N) is 2. The molecule has 5 nitrogen and oxygen atoms in total. The molecular weight excluding hydrogens is 434 g/mol. The highest BCUT2D eigenvalue weighted by atomic mass is 16.5. The molecule has 4 aromatic rings. The van der Waals surface area contributed by atoms with Gasteiger partial charge in [0.15, 0.2) is 5.78 Å². The van der Waals surface area contributed by atoms with E-state index < -0.39 is 0 Å². The zero-order valence-corrected chi connectivity index (χ0v) is 20.1. The van der Waals surface area contributed by atoms with Crippen molar-refractivity contribution in [3.05, 3.63) is 102 Å². The second-order valence-electron chi connectivity index (χ2n) is 9.05. The summed E-state index contributed by atoms with van der Waals surface area (Å²) in [6.07, 6.45) is 5.21. The Balaban J connectivity index is 1.63. The molecule has 2 atom stereocenters. The monoisotopic (exact) mass is 465 g/mol. The van der Waals surface area contributed by atoms with Gasteiger partial charge in [-0.05, 0) is 43.6 Å². The van der Waals surface area contributed by atoms with Crippen LogP contribution in [0.15, 0.2) is 91.1 Å². The number of ketones is 1. The van der Waals surface area contributed by atoms with E-state index >= 15 is 0 Å². The smallest absolute Gasteiger partial charge is 0.182 e. The maximum atomic E-state index is 14.1. The number of rotatable bonds is 8. The SMILES string of the molecule is COc1cc(NC(c2ccccc2)C(C(=O)c2ccccc2)N2CCCCC2)c2ncccc2c1. The lowest BCUT2D eigenvalue weighted by Crippen LogP contribution is -2.49. The van der Waals surface area contributed by atoms with Crippen molar-refractivity contribution in [2.24, 2.45) is 0 Å². The largest absolute Gasteiger partial charge is 0.497 e. The zero-order valence-electron chi connectivity index (χ0n) is 20.1. The van der Waals surface area contributed by atoms with Crippen LogP contribution in [0, 0.1) is 0 Å². The highest BCUT2D eigenvalue weighted by Gasteiger charge is 2.36. The summed E-state index contributed by atoms with van der Waals surface area (Å²) in [6.45, 7) is 1.82. The van der Waals surface area contributed by atoms with E-state index in [1.807, 2.05) is 72.8 Å². The van der Waals surface area contributed by atoms with Crippen LogP contribution in [0.2, 0.25) is 0 Å². The first-order valence-corrected chi connectivity index (χ1v) is 12.3. The van der Waals surface area contributed by atoms with Gasteiger partial charge in [-0.3, -0.25) is 14.7 Å². The van der Waals surface area contributed by atoms with Crippen LogP contribution in [0.5, 0.6) is 5.75 Å². The van der Waals surface area contributed by atoms with E-state index in [1.165, 1.54) is 6.42 Å². The van der Waals surface area contributed by atoms with Gasteiger partial charge in [0.25, 0.3) is 0 Å². The number of anilines is 1. The van der Waals surface area contributed by atoms with Crippen LogP contribution in [0.4, 0.5) is 5.69 Å². The number of methoxy groups -OCH3 is 1. The molecule has 0 bridgehead atoms. The average Bonchev–Trinajstić information content (AvgIpc) is 2.94. The predicted octanol–water partition coefficient (Wildman–Crippen LogP) is 6.13. The Labute approximate surface area is 206 Å². The van der Waals surface area contributed by atoms with Crippen LogP contribution >= 0.6 is 0 Å². The molecule has 1 N–H and O–H groups in total. The number of carbonyl (C=O) groups excluding carboxylic acids is 1. The molecule has 1 fully saturated rings. The number of nitrogens with one attached hydrogen (secondary N) is 1. The van der Waals surface area contributed by atoms with Gasteiger partial charge in [-0.2, -0.15) is 0 Å². The molecule has 178 valence electrons. The molecule has 1 aliphatic heterocycles. The number of aromatic nitrogens is 1. The standard InChI is InChI=1S/C30H31N3O2/c1-35-25-20-24-16-11-17-31-27(24)26(21-25)32-28(22-12-5-2-6-13-22)29(33-18-9-4-10-19-33)30(34)23-14-7-3-8-15-23/h2-3,5-8,11-17,20-21,28-29,32H,4,9-10,18-19H2,1H3. The molecule has 35 heavy (non-hydrogen) atoms. The Morgan fingerprint density at radius 3 is 2.34 bits per heavy atom. The third-order valence-corrected chi connectivity index (χ3v) is 6.81. The summed E-state index contributed by atoms with van der Waals surface area (Å²) in [5.41, 5.74) is 3.52. The van der Waals surface area contributed by atoms with E-state index in [0.717, 1.165) is 59.4 Å². The number of hydrogen-bond donors (Lipinski definition) is 1. The molecule has 1 aromatic heterocycles. The number of Topliss-reactive ketones (excluding diaryl/α,β-unsaturated/α-hetero) is 1. The fourth-order valence-electron chi connectivity index (χ4n) is 5.06. The maximum Gasteiger partial charge on any atom is 0.182 e. The van der Waals surface area contributed by atoms with Crippen molar-refractivity contribution >= 4 is 22.4 Å². The Morgan fingerprint density at radius 2 is 1.63 bits per heavy atom. The van der Waals surface area contributed by atoms with E-state index in [4.69, 9.17) is 4.74 Å². The Kier molecular flexibility index (Phi) is 7.05. The van der Waals surface area contributed by atoms with Gasteiger partial charge >= 0.3 is 0 Å². The van der Waals surface area contributed by atoms with E-state index in [1.54, 1.807) is 13.3 Å². The first kappa shape index (κ1) is 23.1. The van der Waals surface area contributed by atoms with Gasteiger partial charge in [0, 0.05) is 23.2 Å². The van der Waals surface area contributed by atoms with Crippen molar-refractivity contribution in [3.8, 4) is 5.75 Å². The molecule has 0 saturated carbocycles. The number of fused-ring (bicyclic) bond motifs is 1. The number of piperidine rings is 1. The van der Waals surface area contributed by atoms with Gasteiger partial charge in [-0.15, -0.1) is 0 Å². The third kappa shape index (κ3) is 5.05. The normalized spacial score (nSPS) is 15.9. The summed E-state index contributed by atoms with van der Waals surface area (Å²) in [5, 5.41) is 4.75. The minimum atomic E-state index is -0.356. The van der Waals surface area contributed by atoms with Gasteiger partial charge in [0.2, 0.25) is 0 Å². The Hall–Kier alpha value is -3.70. The minimum absolute atomic E-state index is 0.133.